The number of hydrogen-bond acceptors (Lipinski definition) is 5. The van der Waals surface area contributed by atoms with Crippen LogP contribution in [0.1, 0.15) is 47.4 Å². The lowest BCUT2D eigenvalue weighted by Gasteiger charge is -2.15. The number of carbonyl (C=O) groups is 1. The fourth-order valence-electron chi connectivity index (χ4n) is 3.17. The third-order valence-corrected chi connectivity index (χ3v) is 5.47. The monoisotopic (exact) mass is 436 g/mol. The summed E-state index contributed by atoms with van der Waals surface area (Å²) in [7, 11) is 1.54. The van der Waals surface area contributed by atoms with E-state index >= 15 is 0 Å². The van der Waals surface area contributed by atoms with Crippen molar-refractivity contribution in [3.63, 3.8) is 0 Å². The molecule has 1 heterocycles. The van der Waals surface area contributed by atoms with E-state index in [2.05, 4.69) is 10.4 Å². The Morgan fingerprint density at radius 3 is 2.53 bits per heavy atom. The van der Waals surface area contributed by atoms with Gasteiger partial charge in [-0.1, -0.05) is 25.1 Å². The minimum absolute atomic E-state index is 0.0220. The summed E-state index contributed by atoms with van der Waals surface area (Å²) in [4.78, 5) is 39.3. The fourth-order valence-corrected chi connectivity index (χ4v) is 3.17. The van der Waals surface area contributed by atoms with Crippen molar-refractivity contribution in [2.75, 3.05) is 7.11 Å². The molecule has 1 aromatic heterocycles. The Labute approximate surface area is 186 Å². The quantitative estimate of drug-likeness (QED) is 0.614. The summed E-state index contributed by atoms with van der Waals surface area (Å²) in [5, 5.41) is 6.93. The summed E-state index contributed by atoms with van der Waals surface area (Å²) in [6, 6.07) is 12.4. The van der Waals surface area contributed by atoms with Crippen LogP contribution in [-0.4, -0.2) is 33.4 Å². The van der Waals surface area contributed by atoms with Crippen molar-refractivity contribution in [1.82, 2.24) is 19.7 Å². The molecule has 0 radical (unpaired) electrons. The molecule has 168 valence electrons. The lowest BCUT2D eigenvalue weighted by Crippen LogP contribution is -2.47. The fraction of sp³-hybridized carbons (Fsp3) is 0.333. The number of carbonyl (C=O) groups excluding carboxylic acids is 1. The highest BCUT2D eigenvalue weighted by atomic mass is 16.5. The predicted molar refractivity (Wildman–Crippen MR) is 123 cm³/mol. The Kier molecular flexibility index (Phi) is 6.92. The van der Waals surface area contributed by atoms with Gasteiger partial charge in [0.15, 0.2) is 0 Å². The van der Waals surface area contributed by atoms with E-state index in [9.17, 15) is 14.4 Å². The SMILES string of the molecule is CC[C@@H](C)NC(=O)c1nn(-c2ccc(C)c(C)c2)c(=O)n(Cc2cccc(OC)c2)c1=O. The lowest BCUT2D eigenvalue weighted by molar-refractivity contribution is 0.0929. The smallest absolute Gasteiger partial charge is 0.352 e. The number of nitrogens with zero attached hydrogens (tertiary/aromatic N) is 3. The van der Waals surface area contributed by atoms with Crippen LogP contribution in [0, 0.1) is 13.8 Å². The molecule has 3 aromatic rings. The van der Waals surface area contributed by atoms with Crippen LogP contribution >= 0.6 is 0 Å². The molecule has 0 bridgehead atoms. The molecule has 2 aromatic carbocycles. The Hall–Kier alpha value is -3.68. The Morgan fingerprint density at radius 2 is 1.88 bits per heavy atom. The van der Waals surface area contributed by atoms with Gasteiger partial charge in [0.2, 0.25) is 5.69 Å². The van der Waals surface area contributed by atoms with Gasteiger partial charge in [-0.25, -0.2) is 4.79 Å². The molecule has 3 rings (SSSR count). The Morgan fingerprint density at radius 1 is 1.12 bits per heavy atom. The first kappa shape index (κ1) is 23.0. The van der Waals surface area contributed by atoms with Gasteiger partial charge in [0.1, 0.15) is 5.75 Å². The molecule has 32 heavy (non-hydrogen) atoms. The molecular weight excluding hydrogens is 408 g/mol. The number of nitrogens with one attached hydrogen (secondary N) is 1. The maximum Gasteiger partial charge on any atom is 0.352 e. The largest absolute Gasteiger partial charge is 0.497 e. The van der Waals surface area contributed by atoms with Crippen LogP contribution in [-0.2, 0) is 6.54 Å². The zero-order valence-electron chi connectivity index (χ0n) is 19.0. The third kappa shape index (κ3) is 4.80. The Balaban J connectivity index is 2.20. The average Bonchev–Trinajstić information content (AvgIpc) is 2.78. The molecule has 0 saturated carbocycles. The zero-order chi connectivity index (χ0) is 23.4. The molecule has 0 saturated heterocycles. The summed E-state index contributed by atoms with van der Waals surface area (Å²) < 4.78 is 7.38. The predicted octanol–water partition coefficient (Wildman–Crippen LogP) is 2.60. The molecule has 1 atom stereocenters. The van der Waals surface area contributed by atoms with E-state index in [0.717, 1.165) is 20.4 Å². The van der Waals surface area contributed by atoms with Gasteiger partial charge in [0, 0.05) is 6.04 Å². The number of ether oxygens (including phenoxy) is 1. The molecule has 0 unspecified atom stereocenters. The van der Waals surface area contributed by atoms with Crippen LogP contribution in [0.5, 0.6) is 5.75 Å². The number of aryl methyl sites for hydroxylation is 2. The number of rotatable bonds is 7. The van der Waals surface area contributed by atoms with Crippen molar-refractivity contribution in [3.8, 4) is 11.4 Å². The summed E-state index contributed by atoms with van der Waals surface area (Å²) in [5.41, 5.74) is 1.50. The molecule has 8 nitrogen and oxygen atoms in total. The number of benzene rings is 2. The van der Waals surface area contributed by atoms with Crippen LogP contribution in [0.3, 0.4) is 0 Å². The number of amides is 1. The Bertz CT molecular complexity index is 1260. The van der Waals surface area contributed by atoms with Crippen LogP contribution in [0.15, 0.2) is 52.1 Å². The van der Waals surface area contributed by atoms with Gasteiger partial charge in [-0.05, 0) is 68.1 Å². The topological polar surface area (TPSA) is 95.2 Å². The molecule has 0 spiro atoms. The van der Waals surface area contributed by atoms with E-state index in [1.54, 1.807) is 43.5 Å². The van der Waals surface area contributed by atoms with Crippen LogP contribution in [0.25, 0.3) is 5.69 Å². The molecule has 0 aliphatic heterocycles. The van der Waals surface area contributed by atoms with Gasteiger partial charge in [0.25, 0.3) is 11.5 Å². The summed E-state index contributed by atoms with van der Waals surface area (Å²) >= 11 is 0. The van der Waals surface area contributed by atoms with Crippen LogP contribution in [0.4, 0.5) is 0 Å². The zero-order valence-corrected chi connectivity index (χ0v) is 19.0. The maximum absolute atomic E-state index is 13.3. The van der Waals surface area contributed by atoms with Crippen molar-refractivity contribution in [3.05, 3.63) is 85.7 Å². The first-order valence-corrected chi connectivity index (χ1v) is 10.5. The normalized spacial score (nSPS) is 11.8. The maximum atomic E-state index is 13.3. The second-order valence-corrected chi connectivity index (χ2v) is 7.84. The molecule has 8 heteroatoms. The first-order valence-electron chi connectivity index (χ1n) is 10.5. The van der Waals surface area contributed by atoms with Gasteiger partial charge < -0.3 is 10.1 Å². The molecule has 1 N–H and O–H groups in total. The summed E-state index contributed by atoms with van der Waals surface area (Å²) in [6.45, 7) is 7.63. The van der Waals surface area contributed by atoms with Crippen molar-refractivity contribution < 1.29 is 9.53 Å². The molecule has 1 amide bonds. The minimum atomic E-state index is -0.737. The molecular formula is C24H28N4O4. The molecule has 0 aliphatic rings. The van der Waals surface area contributed by atoms with Crippen molar-refractivity contribution in [1.29, 1.82) is 0 Å². The van der Waals surface area contributed by atoms with E-state index in [0.29, 0.717) is 23.4 Å². The number of aromatic nitrogens is 3. The summed E-state index contributed by atoms with van der Waals surface area (Å²) in [6.07, 6.45) is 0.695. The second-order valence-electron chi connectivity index (χ2n) is 7.84. The second kappa shape index (κ2) is 9.64. The van der Waals surface area contributed by atoms with Crippen molar-refractivity contribution in [2.45, 2.75) is 46.7 Å². The highest BCUT2D eigenvalue weighted by molar-refractivity contribution is 5.91. The van der Waals surface area contributed by atoms with Gasteiger partial charge in [-0.3, -0.25) is 14.2 Å². The van der Waals surface area contributed by atoms with E-state index in [1.807, 2.05) is 33.8 Å². The minimum Gasteiger partial charge on any atom is -0.497 e. The molecule has 0 fully saturated rings. The van der Waals surface area contributed by atoms with Gasteiger partial charge in [-0.2, -0.15) is 9.78 Å². The van der Waals surface area contributed by atoms with E-state index in [-0.39, 0.29) is 18.3 Å². The van der Waals surface area contributed by atoms with E-state index in [1.165, 1.54) is 0 Å². The van der Waals surface area contributed by atoms with Crippen molar-refractivity contribution >= 4 is 5.91 Å². The van der Waals surface area contributed by atoms with Gasteiger partial charge in [-0.15, -0.1) is 0 Å². The third-order valence-electron chi connectivity index (χ3n) is 5.47. The van der Waals surface area contributed by atoms with Crippen LogP contribution in [0.2, 0.25) is 0 Å². The standard InChI is InChI=1S/C24H28N4O4/c1-6-17(4)25-22(29)21-23(30)27(14-18-8-7-9-20(13-18)32-5)24(31)28(26-21)19-11-10-15(2)16(3)12-19/h7-13,17H,6,14H2,1-5H3,(H,25,29)/t17-/m1/s1. The van der Waals surface area contributed by atoms with E-state index in [4.69, 9.17) is 4.74 Å². The number of methoxy groups -OCH3 is 1. The highest BCUT2D eigenvalue weighted by Gasteiger charge is 2.21. The highest BCUT2D eigenvalue weighted by Crippen LogP contribution is 2.14. The lowest BCUT2D eigenvalue weighted by atomic mass is 10.1. The molecule has 0 aliphatic carbocycles. The first-order chi connectivity index (χ1) is 15.2. The summed E-state index contributed by atoms with van der Waals surface area (Å²) in [5.74, 6) is -0.00449. The van der Waals surface area contributed by atoms with Gasteiger partial charge >= 0.3 is 5.69 Å². The average molecular weight is 437 g/mol. The van der Waals surface area contributed by atoms with Crippen LogP contribution < -0.4 is 21.3 Å². The number of hydrogen-bond donors (Lipinski definition) is 1. The van der Waals surface area contributed by atoms with E-state index < -0.39 is 17.2 Å². The van der Waals surface area contributed by atoms with Crippen molar-refractivity contribution in [2.24, 2.45) is 0 Å². The van der Waals surface area contributed by atoms with Gasteiger partial charge in [0.05, 0.1) is 19.3 Å².